The van der Waals surface area contributed by atoms with Gasteiger partial charge in [0.15, 0.2) is 11.5 Å². The molecule has 0 fully saturated rings. The molecule has 3 rings (SSSR count). The fraction of sp³-hybridized carbons (Fsp3) is 0.267. The summed E-state index contributed by atoms with van der Waals surface area (Å²) in [6.07, 6.45) is 3.04. The zero-order valence-electron chi connectivity index (χ0n) is 22.9. The molecule has 1 amide bonds. The number of nitrogens with zero attached hydrogens (tertiary/aromatic N) is 1. The summed E-state index contributed by atoms with van der Waals surface area (Å²) >= 11 is 0. The molecule has 204 valence electrons. The summed E-state index contributed by atoms with van der Waals surface area (Å²) in [5.74, 6) is -0.446. The van der Waals surface area contributed by atoms with Gasteiger partial charge in [-0.25, -0.2) is 9.59 Å². The molecule has 0 aliphatic heterocycles. The van der Waals surface area contributed by atoms with Crippen LogP contribution in [-0.4, -0.2) is 50.3 Å². The van der Waals surface area contributed by atoms with Crippen molar-refractivity contribution >= 4 is 29.6 Å². The number of methoxy groups -OCH3 is 2. The molecule has 0 bridgehead atoms. The average Bonchev–Trinajstić information content (AvgIpc) is 2.91. The van der Waals surface area contributed by atoms with Crippen LogP contribution in [0.25, 0.3) is 17.2 Å². The number of pyridine rings is 1. The summed E-state index contributed by atoms with van der Waals surface area (Å²) in [7, 11) is 3.09. The number of carbonyl (C=O) groups is 3. The van der Waals surface area contributed by atoms with Gasteiger partial charge in [-0.05, 0) is 69.2 Å². The third kappa shape index (κ3) is 6.81. The van der Waals surface area contributed by atoms with Gasteiger partial charge in [-0.15, -0.1) is 0 Å². The number of ether oxygens (including phenoxy) is 4. The van der Waals surface area contributed by atoms with Crippen LogP contribution in [-0.2, 0) is 14.3 Å². The number of rotatable bonds is 10. The van der Waals surface area contributed by atoms with Crippen molar-refractivity contribution in [3.05, 3.63) is 76.6 Å². The number of aryl methyl sites for hydroxylation is 2. The van der Waals surface area contributed by atoms with Crippen LogP contribution >= 0.6 is 0 Å². The van der Waals surface area contributed by atoms with Gasteiger partial charge in [0.2, 0.25) is 5.91 Å². The highest BCUT2D eigenvalue weighted by Gasteiger charge is 2.28. The quantitative estimate of drug-likeness (QED) is 0.273. The maximum Gasteiger partial charge on any atom is 0.340 e. The Morgan fingerprint density at radius 2 is 1.46 bits per heavy atom. The van der Waals surface area contributed by atoms with Crippen molar-refractivity contribution in [2.24, 2.45) is 0 Å². The molecule has 2 aromatic carbocycles. The number of nitrogens with one attached hydrogen (secondary N) is 1. The molecule has 0 saturated heterocycles. The minimum atomic E-state index is -0.602. The number of hydrogen-bond acceptors (Lipinski definition) is 8. The standard InChI is InChI=1S/C30H32N2O7/c1-7-38-29(34)26-18(3)31-19(4)27(30(35)39-8-2)28(26)21-10-9-11-22(17-21)32-25(33)15-13-20-12-14-23(36-5)24(16-20)37-6/h9-17H,7-8H2,1-6H3,(H,32,33). The van der Waals surface area contributed by atoms with E-state index >= 15 is 0 Å². The zero-order valence-corrected chi connectivity index (χ0v) is 22.9. The van der Waals surface area contributed by atoms with Crippen molar-refractivity contribution in [2.45, 2.75) is 27.7 Å². The van der Waals surface area contributed by atoms with Gasteiger partial charge in [0.25, 0.3) is 0 Å². The van der Waals surface area contributed by atoms with Crippen molar-refractivity contribution in [3.63, 3.8) is 0 Å². The lowest BCUT2D eigenvalue weighted by molar-refractivity contribution is -0.111. The lowest BCUT2D eigenvalue weighted by atomic mass is 9.92. The molecule has 0 radical (unpaired) electrons. The number of aromatic nitrogens is 1. The highest BCUT2D eigenvalue weighted by molar-refractivity contribution is 6.08. The zero-order chi connectivity index (χ0) is 28.5. The SMILES string of the molecule is CCOC(=O)c1c(C)nc(C)c(C(=O)OCC)c1-c1cccc(NC(=O)C=Cc2ccc(OC)c(OC)c2)c1. The van der Waals surface area contributed by atoms with E-state index < -0.39 is 11.9 Å². The Hall–Kier alpha value is -4.66. The van der Waals surface area contributed by atoms with Gasteiger partial charge in [0.1, 0.15) is 0 Å². The van der Waals surface area contributed by atoms with E-state index in [1.165, 1.54) is 13.2 Å². The second-order valence-corrected chi connectivity index (χ2v) is 8.37. The first kappa shape index (κ1) is 28.9. The second kappa shape index (κ2) is 13.2. The third-order valence-electron chi connectivity index (χ3n) is 5.77. The highest BCUT2D eigenvalue weighted by atomic mass is 16.5. The maximum atomic E-state index is 13.0. The summed E-state index contributed by atoms with van der Waals surface area (Å²) in [5.41, 5.74) is 3.25. The van der Waals surface area contributed by atoms with E-state index in [0.29, 0.717) is 39.7 Å². The van der Waals surface area contributed by atoms with Gasteiger partial charge in [-0.2, -0.15) is 0 Å². The molecule has 0 spiro atoms. The number of anilines is 1. The van der Waals surface area contributed by atoms with Gasteiger partial charge >= 0.3 is 11.9 Å². The van der Waals surface area contributed by atoms with Gasteiger partial charge < -0.3 is 24.3 Å². The van der Waals surface area contributed by atoms with Gasteiger partial charge in [-0.1, -0.05) is 18.2 Å². The van der Waals surface area contributed by atoms with Crippen molar-refractivity contribution in [1.29, 1.82) is 0 Å². The molecule has 3 aromatic rings. The topological polar surface area (TPSA) is 113 Å². The summed E-state index contributed by atoms with van der Waals surface area (Å²) in [6.45, 7) is 7.08. The van der Waals surface area contributed by atoms with Crippen molar-refractivity contribution in [2.75, 3.05) is 32.8 Å². The van der Waals surface area contributed by atoms with Gasteiger partial charge in [0.05, 0.1) is 49.9 Å². The Morgan fingerprint density at radius 1 is 0.846 bits per heavy atom. The molecule has 1 heterocycles. The van der Waals surface area contributed by atoms with Crippen LogP contribution in [0.3, 0.4) is 0 Å². The smallest absolute Gasteiger partial charge is 0.340 e. The number of esters is 2. The first-order valence-corrected chi connectivity index (χ1v) is 12.4. The Bertz CT molecular complexity index is 1370. The Kier molecular flexibility index (Phi) is 9.80. The molecular weight excluding hydrogens is 500 g/mol. The predicted molar refractivity (Wildman–Crippen MR) is 148 cm³/mol. The maximum absolute atomic E-state index is 13.0. The fourth-order valence-electron chi connectivity index (χ4n) is 4.11. The average molecular weight is 533 g/mol. The lowest BCUT2D eigenvalue weighted by Gasteiger charge is -2.18. The van der Waals surface area contributed by atoms with Crippen LogP contribution in [0.5, 0.6) is 11.5 Å². The summed E-state index contributed by atoms with van der Waals surface area (Å²) < 4.78 is 21.1. The summed E-state index contributed by atoms with van der Waals surface area (Å²) in [6, 6.07) is 12.2. The first-order chi connectivity index (χ1) is 18.7. The van der Waals surface area contributed by atoms with E-state index in [2.05, 4.69) is 10.3 Å². The molecule has 0 aliphatic carbocycles. The van der Waals surface area contributed by atoms with E-state index in [-0.39, 0.29) is 30.2 Å². The minimum Gasteiger partial charge on any atom is -0.493 e. The van der Waals surface area contributed by atoms with Crippen LogP contribution < -0.4 is 14.8 Å². The van der Waals surface area contributed by atoms with E-state index in [9.17, 15) is 14.4 Å². The van der Waals surface area contributed by atoms with E-state index in [1.54, 1.807) is 83.3 Å². The highest BCUT2D eigenvalue weighted by Crippen LogP contribution is 2.34. The number of hydrogen-bond donors (Lipinski definition) is 1. The fourth-order valence-corrected chi connectivity index (χ4v) is 4.11. The predicted octanol–water partition coefficient (Wildman–Crippen LogP) is 5.39. The lowest BCUT2D eigenvalue weighted by Crippen LogP contribution is -2.17. The normalized spacial score (nSPS) is 10.7. The van der Waals surface area contributed by atoms with Crippen molar-refractivity contribution < 1.29 is 33.3 Å². The Labute approximate surface area is 227 Å². The molecule has 39 heavy (non-hydrogen) atoms. The molecule has 0 saturated carbocycles. The Balaban J connectivity index is 2.00. The first-order valence-electron chi connectivity index (χ1n) is 12.4. The number of carbonyl (C=O) groups excluding carboxylic acids is 3. The monoisotopic (exact) mass is 532 g/mol. The van der Waals surface area contributed by atoms with Crippen LogP contribution in [0.15, 0.2) is 48.5 Å². The molecule has 0 aliphatic rings. The van der Waals surface area contributed by atoms with Crippen LogP contribution in [0, 0.1) is 13.8 Å². The van der Waals surface area contributed by atoms with Gasteiger partial charge in [0, 0.05) is 17.3 Å². The van der Waals surface area contributed by atoms with Crippen LogP contribution in [0.2, 0.25) is 0 Å². The van der Waals surface area contributed by atoms with E-state index in [1.807, 2.05) is 0 Å². The molecule has 1 N–H and O–H groups in total. The van der Waals surface area contributed by atoms with E-state index in [0.717, 1.165) is 5.56 Å². The van der Waals surface area contributed by atoms with Crippen molar-refractivity contribution in [3.8, 4) is 22.6 Å². The number of benzene rings is 2. The largest absolute Gasteiger partial charge is 0.493 e. The molecule has 9 heteroatoms. The van der Waals surface area contributed by atoms with Crippen molar-refractivity contribution in [1.82, 2.24) is 4.98 Å². The summed E-state index contributed by atoms with van der Waals surface area (Å²) in [4.78, 5) is 43.1. The molecule has 9 nitrogen and oxygen atoms in total. The minimum absolute atomic E-state index is 0.156. The van der Waals surface area contributed by atoms with Crippen LogP contribution in [0.1, 0.15) is 51.5 Å². The Morgan fingerprint density at radius 3 is 2.03 bits per heavy atom. The van der Waals surface area contributed by atoms with Gasteiger partial charge in [-0.3, -0.25) is 9.78 Å². The van der Waals surface area contributed by atoms with Crippen LogP contribution in [0.4, 0.5) is 5.69 Å². The number of amides is 1. The molecule has 0 atom stereocenters. The molecule has 1 aromatic heterocycles. The molecule has 0 unspecified atom stereocenters. The summed E-state index contributed by atoms with van der Waals surface area (Å²) in [5, 5.41) is 2.82. The molecular formula is C30H32N2O7. The third-order valence-corrected chi connectivity index (χ3v) is 5.77. The van der Waals surface area contributed by atoms with E-state index in [4.69, 9.17) is 18.9 Å². The second-order valence-electron chi connectivity index (χ2n) is 8.37.